The Kier molecular flexibility index (Phi) is 7.26. The molecule has 0 bridgehead atoms. The van der Waals surface area contributed by atoms with Crippen molar-refractivity contribution >= 4 is 35.3 Å². The van der Waals surface area contributed by atoms with Gasteiger partial charge in [0.15, 0.2) is 0 Å². The number of piperidine rings is 1. The molecule has 136 valence electrons. The van der Waals surface area contributed by atoms with Crippen LogP contribution in [0.4, 0.5) is 0 Å². The van der Waals surface area contributed by atoms with Crippen molar-refractivity contribution in [2.45, 2.75) is 31.7 Å². The number of halogens is 1. The van der Waals surface area contributed by atoms with E-state index in [2.05, 4.69) is 22.0 Å². The minimum atomic E-state index is -0.0355. The molecule has 2 saturated heterocycles. The number of carbonyl (C=O) groups excluding carboxylic acids is 1. The maximum absolute atomic E-state index is 12.0. The number of hydrogen-bond acceptors (Lipinski definition) is 3. The van der Waals surface area contributed by atoms with E-state index in [0.29, 0.717) is 10.9 Å². The Balaban J connectivity index is 1.38. The second-order valence-electron chi connectivity index (χ2n) is 6.92. The van der Waals surface area contributed by atoms with Gasteiger partial charge >= 0.3 is 0 Å². The zero-order valence-corrected chi connectivity index (χ0v) is 16.2. The molecule has 0 radical (unpaired) electrons. The van der Waals surface area contributed by atoms with Crippen molar-refractivity contribution in [2.24, 2.45) is 5.92 Å². The summed E-state index contributed by atoms with van der Waals surface area (Å²) in [6, 6.07) is 8.35. The summed E-state index contributed by atoms with van der Waals surface area (Å²) < 4.78 is 0. The first kappa shape index (κ1) is 18.8. The van der Waals surface area contributed by atoms with Gasteiger partial charge < -0.3 is 10.2 Å². The van der Waals surface area contributed by atoms with Gasteiger partial charge in [-0.1, -0.05) is 29.8 Å². The van der Waals surface area contributed by atoms with Crippen molar-refractivity contribution in [3.05, 3.63) is 40.9 Å². The van der Waals surface area contributed by atoms with Crippen LogP contribution in [0, 0.1) is 5.92 Å². The van der Waals surface area contributed by atoms with Gasteiger partial charge in [-0.2, -0.15) is 11.8 Å². The second kappa shape index (κ2) is 9.65. The van der Waals surface area contributed by atoms with Gasteiger partial charge in [-0.25, -0.2) is 0 Å². The average molecular weight is 379 g/mol. The molecule has 0 atom stereocenters. The predicted octanol–water partition coefficient (Wildman–Crippen LogP) is 4.08. The number of hydrogen-bond donors (Lipinski definition) is 1. The normalized spacial score (nSPS) is 20.8. The van der Waals surface area contributed by atoms with Crippen LogP contribution in [0.3, 0.4) is 0 Å². The first-order valence-corrected chi connectivity index (χ1v) is 10.8. The molecular weight excluding hydrogens is 352 g/mol. The molecule has 1 amide bonds. The Morgan fingerprint density at radius 1 is 1.20 bits per heavy atom. The summed E-state index contributed by atoms with van der Waals surface area (Å²) in [7, 11) is 0. The summed E-state index contributed by atoms with van der Waals surface area (Å²) in [6.45, 7) is 3.15. The molecule has 0 aromatic heterocycles. The summed E-state index contributed by atoms with van der Waals surface area (Å²) in [4.78, 5) is 14.7. The molecule has 0 aliphatic carbocycles. The van der Waals surface area contributed by atoms with E-state index in [-0.39, 0.29) is 5.91 Å². The monoisotopic (exact) mass is 378 g/mol. The first-order valence-electron chi connectivity index (χ1n) is 9.24. The molecule has 1 N–H and O–H groups in total. The average Bonchev–Trinajstić information content (AvgIpc) is 2.67. The summed E-state index contributed by atoms with van der Waals surface area (Å²) in [5.41, 5.74) is 0.873. The van der Waals surface area contributed by atoms with E-state index in [4.69, 9.17) is 11.6 Å². The van der Waals surface area contributed by atoms with Crippen LogP contribution in [-0.2, 0) is 4.79 Å². The van der Waals surface area contributed by atoms with Gasteiger partial charge in [0.2, 0.25) is 5.91 Å². The van der Waals surface area contributed by atoms with Gasteiger partial charge in [0, 0.05) is 23.7 Å². The topological polar surface area (TPSA) is 32.3 Å². The lowest BCUT2D eigenvalue weighted by Gasteiger charge is -2.39. The molecule has 2 aliphatic rings. The van der Waals surface area contributed by atoms with Crippen LogP contribution in [-0.4, -0.2) is 48.0 Å². The molecule has 3 nitrogen and oxygen atoms in total. The van der Waals surface area contributed by atoms with E-state index in [1.807, 2.05) is 24.3 Å². The Morgan fingerprint density at radius 2 is 1.92 bits per heavy atom. The highest BCUT2D eigenvalue weighted by Crippen LogP contribution is 2.26. The fourth-order valence-electron chi connectivity index (χ4n) is 3.65. The lowest BCUT2D eigenvalue weighted by molar-refractivity contribution is -0.116. The highest BCUT2D eigenvalue weighted by atomic mass is 35.5. The van der Waals surface area contributed by atoms with E-state index in [9.17, 15) is 4.79 Å². The zero-order chi connectivity index (χ0) is 17.5. The fourth-order valence-corrected chi connectivity index (χ4v) is 4.93. The smallest absolute Gasteiger partial charge is 0.244 e. The van der Waals surface area contributed by atoms with Crippen molar-refractivity contribution in [3.8, 4) is 0 Å². The van der Waals surface area contributed by atoms with Crippen LogP contribution in [0.15, 0.2) is 30.3 Å². The quantitative estimate of drug-likeness (QED) is 0.783. The van der Waals surface area contributed by atoms with Crippen molar-refractivity contribution in [2.75, 3.05) is 31.1 Å². The minimum absolute atomic E-state index is 0.0355. The lowest BCUT2D eigenvalue weighted by atomic mass is 9.94. The van der Waals surface area contributed by atoms with E-state index >= 15 is 0 Å². The third kappa shape index (κ3) is 5.77. The standard InChI is InChI=1S/C20H27ClN2OS/c21-19-4-2-1-3-17(19)5-6-20(24)22-15-16-7-11-23(12-8-16)18-9-13-25-14-10-18/h1-6,16,18H,7-15H2,(H,22,24)/b6-5+. The number of nitrogens with one attached hydrogen (secondary N) is 1. The van der Waals surface area contributed by atoms with Gasteiger partial charge in [0.1, 0.15) is 0 Å². The van der Waals surface area contributed by atoms with E-state index < -0.39 is 0 Å². The third-order valence-electron chi connectivity index (χ3n) is 5.24. The maximum Gasteiger partial charge on any atom is 0.244 e. The Morgan fingerprint density at radius 3 is 2.64 bits per heavy atom. The molecule has 0 unspecified atom stereocenters. The van der Waals surface area contributed by atoms with Crippen molar-refractivity contribution < 1.29 is 4.79 Å². The van der Waals surface area contributed by atoms with Crippen LogP contribution in [0.2, 0.25) is 5.02 Å². The molecule has 5 heteroatoms. The first-order chi connectivity index (χ1) is 12.2. The molecule has 3 rings (SSSR count). The highest BCUT2D eigenvalue weighted by Gasteiger charge is 2.26. The number of carbonyl (C=O) groups is 1. The molecule has 2 heterocycles. The Labute approximate surface area is 160 Å². The number of thioether (sulfide) groups is 1. The van der Waals surface area contributed by atoms with Crippen molar-refractivity contribution in [1.82, 2.24) is 10.2 Å². The SMILES string of the molecule is O=C(/C=C/c1ccccc1Cl)NCC1CCN(C2CCSCC2)CC1. The molecule has 1 aromatic carbocycles. The van der Waals surface area contributed by atoms with Gasteiger partial charge in [-0.3, -0.25) is 4.79 Å². The number of likely N-dealkylation sites (tertiary alicyclic amines) is 1. The lowest BCUT2D eigenvalue weighted by Crippen LogP contribution is -2.44. The van der Waals surface area contributed by atoms with Gasteiger partial charge in [0.25, 0.3) is 0 Å². The van der Waals surface area contributed by atoms with E-state index in [0.717, 1.165) is 18.2 Å². The summed E-state index contributed by atoms with van der Waals surface area (Å²) in [6.07, 6.45) is 8.44. The number of rotatable bonds is 5. The molecule has 2 fully saturated rings. The Bertz CT molecular complexity index is 593. The minimum Gasteiger partial charge on any atom is -0.352 e. The summed E-state index contributed by atoms with van der Waals surface area (Å²) in [5.74, 6) is 3.20. The zero-order valence-electron chi connectivity index (χ0n) is 14.6. The van der Waals surface area contributed by atoms with E-state index in [1.165, 1.54) is 50.3 Å². The molecule has 1 aromatic rings. The number of benzene rings is 1. The second-order valence-corrected chi connectivity index (χ2v) is 8.55. The van der Waals surface area contributed by atoms with Crippen LogP contribution in [0.1, 0.15) is 31.2 Å². The molecule has 0 saturated carbocycles. The van der Waals surface area contributed by atoms with Gasteiger partial charge in [-0.15, -0.1) is 0 Å². The number of amides is 1. The van der Waals surface area contributed by atoms with Crippen LogP contribution >= 0.6 is 23.4 Å². The van der Waals surface area contributed by atoms with Gasteiger partial charge in [0.05, 0.1) is 0 Å². The maximum atomic E-state index is 12.0. The van der Waals surface area contributed by atoms with Gasteiger partial charge in [-0.05, 0) is 73.9 Å². The predicted molar refractivity (Wildman–Crippen MR) is 108 cm³/mol. The molecule has 0 spiro atoms. The summed E-state index contributed by atoms with van der Waals surface area (Å²) >= 11 is 8.18. The van der Waals surface area contributed by atoms with E-state index in [1.54, 1.807) is 12.2 Å². The molecule has 2 aliphatic heterocycles. The van der Waals surface area contributed by atoms with Crippen molar-refractivity contribution in [1.29, 1.82) is 0 Å². The molecular formula is C20H27ClN2OS. The van der Waals surface area contributed by atoms with Crippen molar-refractivity contribution in [3.63, 3.8) is 0 Å². The highest BCUT2D eigenvalue weighted by molar-refractivity contribution is 7.99. The Hall–Kier alpha value is -0.970. The molecule has 25 heavy (non-hydrogen) atoms. The fraction of sp³-hybridized carbons (Fsp3) is 0.550. The van der Waals surface area contributed by atoms with Crippen LogP contribution in [0.25, 0.3) is 6.08 Å². The summed E-state index contributed by atoms with van der Waals surface area (Å²) in [5, 5.41) is 3.71. The third-order valence-corrected chi connectivity index (χ3v) is 6.63. The van der Waals surface area contributed by atoms with Crippen LogP contribution < -0.4 is 5.32 Å². The number of nitrogens with zero attached hydrogens (tertiary/aromatic N) is 1. The van der Waals surface area contributed by atoms with Crippen LogP contribution in [0.5, 0.6) is 0 Å². The largest absolute Gasteiger partial charge is 0.352 e.